The molecule has 108 valence electrons. The Hall–Kier alpha value is -1.44. The van der Waals surface area contributed by atoms with Crippen LogP contribution in [0.25, 0.3) is 0 Å². The van der Waals surface area contributed by atoms with Crippen molar-refractivity contribution < 1.29 is 13.2 Å². The third-order valence-corrected chi connectivity index (χ3v) is 3.41. The first kappa shape index (κ1) is 15.6. The highest BCUT2D eigenvalue weighted by Crippen LogP contribution is 2.17. The van der Waals surface area contributed by atoms with Gasteiger partial charge in [-0.15, -0.1) is 5.10 Å². The van der Waals surface area contributed by atoms with Crippen molar-refractivity contribution in [2.75, 3.05) is 18.6 Å². The maximum Gasteiger partial charge on any atom is 0.290 e. The molecular weight excluding hydrogens is 268 g/mol. The fourth-order valence-electron chi connectivity index (χ4n) is 1.31. The number of H-pyrrole nitrogens is 1. The maximum atomic E-state index is 11.7. The molecule has 0 aromatic carbocycles. The van der Waals surface area contributed by atoms with E-state index in [1.54, 1.807) is 0 Å². The summed E-state index contributed by atoms with van der Waals surface area (Å²) in [5, 5.41) is 9.16. The zero-order valence-electron chi connectivity index (χ0n) is 11.6. The molecule has 0 spiro atoms. The first-order valence-corrected chi connectivity index (χ1v) is 8.04. The number of carbonyl (C=O) groups excluding carboxylic acids is 1. The molecule has 0 saturated carbocycles. The average Bonchev–Trinajstić information content (AvgIpc) is 2.71. The number of aromatic nitrogens is 3. The summed E-state index contributed by atoms with van der Waals surface area (Å²) in [5.74, 6) is 0.354. The van der Waals surface area contributed by atoms with Gasteiger partial charge in [0.05, 0.1) is 5.75 Å². The number of carbonyl (C=O) groups is 1. The molecule has 0 atom stereocenters. The average molecular weight is 288 g/mol. The van der Waals surface area contributed by atoms with Gasteiger partial charge in [-0.05, 0) is 6.42 Å². The minimum absolute atomic E-state index is 0.0501. The molecular formula is C11H20N4O3S. The zero-order valence-corrected chi connectivity index (χ0v) is 12.5. The molecule has 0 aliphatic rings. The Morgan fingerprint density at radius 1 is 1.37 bits per heavy atom. The summed E-state index contributed by atoms with van der Waals surface area (Å²) in [4.78, 5) is 15.8. The summed E-state index contributed by atoms with van der Waals surface area (Å²) in [6, 6.07) is 0. The molecule has 0 radical (unpaired) electrons. The van der Waals surface area contributed by atoms with Gasteiger partial charge in [-0.2, -0.15) is 0 Å². The van der Waals surface area contributed by atoms with E-state index in [0.717, 1.165) is 0 Å². The number of rotatable bonds is 5. The topological polar surface area (TPSA) is 105 Å². The van der Waals surface area contributed by atoms with Crippen molar-refractivity contribution in [1.82, 2.24) is 20.5 Å². The normalized spacial score (nSPS) is 12.4. The molecule has 1 rings (SSSR count). The summed E-state index contributed by atoms with van der Waals surface area (Å²) >= 11 is 0. The Kier molecular flexibility index (Phi) is 4.67. The van der Waals surface area contributed by atoms with Crippen LogP contribution in [0.2, 0.25) is 0 Å². The van der Waals surface area contributed by atoms with Crippen molar-refractivity contribution in [3.63, 3.8) is 0 Å². The van der Waals surface area contributed by atoms with Crippen molar-refractivity contribution in [1.29, 1.82) is 0 Å². The predicted octanol–water partition coefficient (Wildman–Crippen LogP) is 0.267. The van der Waals surface area contributed by atoms with E-state index in [1.807, 2.05) is 20.8 Å². The molecule has 0 aliphatic carbocycles. The van der Waals surface area contributed by atoms with E-state index < -0.39 is 15.7 Å². The van der Waals surface area contributed by atoms with E-state index in [-0.39, 0.29) is 23.5 Å². The smallest absolute Gasteiger partial charge is 0.290 e. The van der Waals surface area contributed by atoms with Crippen molar-refractivity contribution in [2.45, 2.75) is 32.6 Å². The van der Waals surface area contributed by atoms with Crippen LogP contribution in [0.4, 0.5) is 0 Å². The second-order valence-electron chi connectivity index (χ2n) is 5.50. The van der Waals surface area contributed by atoms with Gasteiger partial charge in [0.15, 0.2) is 0 Å². The Bertz CT molecular complexity index is 543. The van der Waals surface area contributed by atoms with Crippen molar-refractivity contribution in [3.8, 4) is 0 Å². The molecule has 1 aromatic heterocycles. The van der Waals surface area contributed by atoms with Crippen LogP contribution in [0.1, 0.15) is 43.6 Å². The summed E-state index contributed by atoms with van der Waals surface area (Å²) in [6.07, 6.45) is 1.54. The number of amides is 1. The molecule has 1 aromatic rings. The highest BCUT2D eigenvalue weighted by Gasteiger charge is 2.21. The van der Waals surface area contributed by atoms with Crippen molar-refractivity contribution >= 4 is 15.7 Å². The molecule has 7 nitrogen and oxygen atoms in total. The Morgan fingerprint density at radius 3 is 2.47 bits per heavy atom. The van der Waals surface area contributed by atoms with Crippen LogP contribution in [0.15, 0.2) is 0 Å². The van der Waals surface area contributed by atoms with Crippen LogP contribution < -0.4 is 5.32 Å². The first-order valence-electron chi connectivity index (χ1n) is 5.98. The number of nitrogens with zero attached hydrogens (tertiary/aromatic N) is 2. The fraction of sp³-hybridized carbons (Fsp3) is 0.727. The van der Waals surface area contributed by atoms with Crippen molar-refractivity contribution in [3.05, 3.63) is 11.6 Å². The standard InChI is InChI=1S/C11H20N4O3S/c1-11(2,3)10-13-8(14-15-10)9(16)12-6-5-7-19(4,17)18/h5-7H2,1-4H3,(H,12,16)(H,13,14,15). The Balaban J connectivity index is 2.49. The summed E-state index contributed by atoms with van der Waals surface area (Å²) in [6.45, 7) is 6.16. The van der Waals surface area contributed by atoms with Crippen LogP contribution in [-0.4, -0.2) is 48.1 Å². The van der Waals surface area contributed by atoms with Gasteiger partial charge in [-0.3, -0.25) is 9.89 Å². The number of hydrogen-bond acceptors (Lipinski definition) is 5. The SMILES string of the molecule is CC(C)(C)c1nc(C(=O)NCCCS(C)(=O)=O)n[nH]1. The second kappa shape index (κ2) is 5.68. The molecule has 0 saturated heterocycles. The quantitative estimate of drug-likeness (QED) is 0.756. The minimum Gasteiger partial charge on any atom is -0.349 e. The number of sulfone groups is 1. The van der Waals surface area contributed by atoms with Gasteiger partial charge >= 0.3 is 0 Å². The predicted molar refractivity (Wildman–Crippen MR) is 71.7 cm³/mol. The number of hydrogen-bond donors (Lipinski definition) is 2. The zero-order chi connectivity index (χ0) is 14.7. The molecule has 1 heterocycles. The molecule has 19 heavy (non-hydrogen) atoms. The Labute approximate surface area is 113 Å². The van der Waals surface area contributed by atoms with Crippen LogP contribution in [-0.2, 0) is 15.3 Å². The second-order valence-corrected chi connectivity index (χ2v) is 7.76. The molecule has 1 amide bonds. The lowest BCUT2D eigenvalue weighted by Crippen LogP contribution is -2.27. The molecule has 0 unspecified atom stereocenters. The van der Waals surface area contributed by atoms with E-state index in [9.17, 15) is 13.2 Å². The summed E-state index contributed by atoms with van der Waals surface area (Å²) in [7, 11) is -2.99. The molecule has 2 N–H and O–H groups in total. The van der Waals surface area contributed by atoms with Crippen LogP contribution in [0, 0.1) is 0 Å². The van der Waals surface area contributed by atoms with E-state index in [4.69, 9.17) is 0 Å². The van der Waals surface area contributed by atoms with E-state index >= 15 is 0 Å². The van der Waals surface area contributed by atoms with Gasteiger partial charge < -0.3 is 5.32 Å². The fourth-order valence-corrected chi connectivity index (χ4v) is 1.98. The molecule has 8 heteroatoms. The van der Waals surface area contributed by atoms with Gasteiger partial charge in [0.2, 0.25) is 5.82 Å². The first-order chi connectivity index (χ1) is 8.59. The van der Waals surface area contributed by atoms with Gasteiger partial charge in [-0.25, -0.2) is 13.4 Å². The summed E-state index contributed by atoms with van der Waals surface area (Å²) < 4.78 is 21.8. The third kappa shape index (κ3) is 5.37. The molecule has 0 bridgehead atoms. The van der Waals surface area contributed by atoms with Crippen LogP contribution >= 0.6 is 0 Å². The highest BCUT2D eigenvalue weighted by atomic mass is 32.2. The highest BCUT2D eigenvalue weighted by molar-refractivity contribution is 7.90. The Morgan fingerprint density at radius 2 is 2.00 bits per heavy atom. The van der Waals surface area contributed by atoms with Gasteiger partial charge in [-0.1, -0.05) is 20.8 Å². The lowest BCUT2D eigenvalue weighted by atomic mass is 9.96. The lowest BCUT2D eigenvalue weighted by Gasteiger charge is -2.12. The van der Waals surface area contributed by atoms with Crippen LogP contribution in [0.5, 0.6) is 0 Å². The van der Waals surface area contributed by atoms with Crippen LogP contribution in [0.3, 0.4) is 0 Å². The maximum absolute atomic E-state index is 11.7. The largest absolute Gasteiger partial charge is 0.349 e. The van der Waals surface area contributed by atoms with E-state index in [2.05, 4.69) is 20.5 Å². The van der Waals surface area contributed by atoms with Crippen molar-refractivity contribution in [2.24, 2.45) is 0 Å². The van der Waals surface area contributed by atoms with E-state index in [0.29, 0.717) is 12.2 Å². The number of nitrogens with one attached hydrogen (secondary N) is 2. The van der Waals surface area contributed by atoms with E-state index in [1.165, 1.54) is 6.26 Å². The number of aromatic amines is 1. The van der Waals surface area contributed by atoms with Gasteiger partial charge in [0, 0.05) is 18.2 Å². The molecule has 0 aliphatic heterocycles. The third-order valence-electron chi connectivity index (χ3n) is 2.38. The summed E-state index contributed by atoms with van der Waals surface area (Å²) in [5.41, 5.74) is -0.207. The minimum atomic E-state index is -2.99. The van der Waals surface area contributed by atoms with Gasteiger partial charge in [0.1, 0.15) is 15.7 Å². The molecule has 0 fully saturated rings. The lowest BCUT2D eigenvalue weighted by molar-refractivity contribution is 0.0943. The monoisotopic (exact) mass is 288 g/mol. The van der Waals surface area contributed by atoms with Gasteiger partial charge in [0.25, 0.3) is 5.91 Å².